The van der Waals surface area contributed by atoms with Crippen molar-refractivity contribution in [3.05, 3.63) is 10.8 Å². The molecular formula is C9H11F3N6S. The van der Waals surface area contributed by atoms with Gasteiger partial charge in [0.05, 0.1) is 6.54 Å². The van der Waals surface area contributed by atoms with E-state index in [9.17, 15) is 13.2 Å². The molecule has 0 aliphatic carbocycles. The van der Waals surface area contributed by atoms with Gasteiger partial charge in [0.15, 0.2) is 0 Å². The number of alkyl halides is 3. The Morgan fingerprint density at radius 3 is 2.63 bits per heavy atom. The second kappa shape index (κ2) is 4.69. The second-order valence-electron chi connectivity index (χ2n) is 4.24. The normalized spacial score (nSPS) is 18.3. The molecule has 0 saturated carbocycles. The third-order valence-corrected chi connectivity index (χ3v) is 3.74. The van der Waals surface area contributed by atoms with Gasteiger partial charge in [0.25, 0.3) is 5.82 Å². The number of rotatable bonds is 2. The highest BCUT2D eigenvalue weighted by molar-refractivity contribution is 7.16. The Hall–Kier alpha value is -1.26. The van der Waals surface area contributed by atoms with Gasteiger partial charge in [-0.2, -0.15) is 22.8 Å². The lowest BCUT2D eigenvalue weighted by atomic mass is 10.4. The third kappa shape index (κ3) is 2.55. The van der Waals surface area contributed by atoms with E-state index >= 15 is 0 Å². The summed E-state index contributed by atoms with van der Waals surface area (Å²) < 4.78 is 38.7. The molecule has 2 aromatic rings. The summed E-state index contributed by atoms with van der Waals surface area (Å²) in [5.74, 6) is -1.06. The van der Waals surface area contributed by atoms with Crippen molar-refractivity contribution in [3.8, 4) is 0 Å². The molecule has 1 saturated heterocycles. The SMILES string of the molecule is FC(F)(F)c1nnc2sc(CN3CCNCC3)nn12. The number of hydrogen-bond acceptors (Lipinski definition) is 6. The van der Waals surface area contributed by atoms with Crippen LogP contribution in [0.15, 0.2) is 0 Å². The van der Waals surface area contributed by atoms with Crippen LogP contribution in [0.2, 0.25) is 0 Å². The van der Waals surface area contributed by atoms with Crippen LogP contribution in [0, 0.1) is 0 Å². The number of nitrogens with zero attached hydrogens (tertiary/aromatic N) is 5. The molecule has 1 N–H and O–H groups in total. The van der Waals surface area contributed by atoms with E-state index in [1.54, 1.807) is 0 Å². The van der Waals surface area contributed by atoms with E-state index in [1.165, 1.54) is 0 Å². The minimum atomic E-state index is -4.53. The Morgan fingerprint density at radius 1 is 1.21 bits per heavy atom. The van der Waals surface area contributed by atoms with Crippen molar-refractivity contribution in [1.29, 1.82) is 0 Å². The fourth-order valence-electron chi connectivity index (χ4n) is 1.96. The quantitative estimate of drug-likeness (QED) is 0.879. The Kier molecular flexibility index (Phi) is 3.15. The number of fused-ring (bicyclic) bond motifs is 1. The summed E-state index contributed by atoms with van der Waals surface area (Å²) in [7, 11) is 0. The lowest BCUT2D eigenvalue weighted by Gasteiger charge is -2.25. The van der Waals surface area contributed by atoms with E-state index in [0.29, 0.717) is 11.6 Å². The van der Waals surface area contributed by atoms with Crippen LogP contribution in [0.5, 0.6) is 0 Å². The average molecular weight is 292 g/mol. The Labute approximate surface area is 110 Å². The molecule has 1 fully saturated rings. The largest absolute Gasteiger partial charge is 0.453 e. The van der Waals surface area contributed by atoms with Crippen molar-refractivity contribution in [2.45, 2.75) is 12.7 Å². The van der Waals surface area contributed by atoms with Crippen LogP contribution in [-0.4, -0.2) is 50.9 Å². The number of nitrogens with one attached hydrogen (secondary N) is 1. The first-order chi connectivity index (χ1) is 9.04. The van der Waals surface area contributed by atoms with E-state index in [0.717, 1.165) is 42.0 Å². The van der Waals surface area contributed by atoms with Crippen LogP contribution in [0.25, 0.3) is 4.96 Å². The molecule has 6 nitrogen and oxygen atoms in total. The zero-order chi connectivity index (χ0) is 13.5. The van der Waals surface area contributed by atoms with Crippen LogP contribution >= 0.6 is 11.3 Å². The molecule has 2 aromatic heterocycles. The highest BCUT2D eigenvalue weighted by Gasteiger charge is 2.38. The second-order valence-corrected chi connectivity index (χ2v) is 5.28. The highest BCUT2D eigenvalue weighted by atomic mass is 32.1. The summed E-state index contributed by atoms with van der Waals surface area (Å²) in [5, 5.41) is 14.4. The predicted octanol–water partition coefficient (Wildman–Crippen LogP) is 0.610. The van der Waals surface area contributed by atoms with Crippen molar-refractivity contribution < 1.29 is 13.2 Å². The Morgan fingerprint density at radius 2 is 1.95 bits per heavy atom. The van der Waals surface area contributed by atoms with Gasteiger partial charge in [-0.25, -0.2) is 0 Å². The first-order valence-electron chi connectivity index (χ1n) is 5.75. The van der Waals surface area contributed by atoms with Gasteiger partial charge in [0.2, 0.25) is 4.96 Å². The summed E-state index contributed by atoms with van der Waals surface area (Å²) in [5.41, 5.74) is 0. The van der Waals surface area contributed by atoms with Gasteiger partial charge in [-0.15, -0.1) is 10.2 Å². The molecule has 0 spiro atoms. The summed E-state index contributed by atoms with van der Waals surface area (Å²) in [4.78, 5) is 2.33. The van der Waals surface area contributed by atoms with Gasteiger partial charge in [-0.1, -0.05) is 11.3 Å². The fraction of sp³-hybridized carbons (Fsp3) is 0.667. The van der Waals surface area contributed by atoms with Gasteiger partial charge in [-0.05, 0) is 0 Å². The molecule has 1 aliphatic heterocycles. The van der Waals surface area contributed by atoms with Crippen LogP contribution in [-0.2, 0) is 12.7 Å². The number of halogens is 3. The minimum absolute atomic E-state index is 0.178. The average Bonchev–Trinajstić information content (AvgIpc) is 2.88. The molecule has 0 bridgehead atoms. The molecule has 0 atom stereocenters. The molecular weight excluding hydrogens is 281 g/mol. The smallest absolute Gasteiger partial charge is 0.314 e. The van der Waals surface area contributed by atoms with E-state index in [-0.39, 0.29) is 4.96 Å². The summed E-state index contributed by atoms with van der Waals surface area (Å²) >= 11 is 1.14. The predicted molar refractivity (Wildman–Crippen MR) is 61.8 cm³/mol. The van der Waals surface area contributed by atoms with Crippen molar-refractivity contribution in [3.63, 3.8) is 0 Å². The summed E-state index contributed by atoms with van der Waals surface area (Å²) in [6, 6.07) is 0. The van der Waals surface area contributed by atoms with Gasteiger partial charge in [0.1, 0.15) is 5.01 Å². The molecule has 0 aromatic carbocycles. The van der Waals surface area contributed by atoms with Crippen LogP contribution in [0.3, 0.4) is 0 Å². The zero-order valence-corrected chi connectivity index (χ0v) is 10.6. The molecule has 0 radical (unpaired) electrons. The first kappa shape index (κ1) is 12.8. The minimum Gasteiger partial charge on any atom is -0.314 e. The van der Waals surface area contributed by atoms with Crippen molar-refractivity contribution in [2.24, 2.45) is 0 Å². The standard InChI is InChI=1S/C9H11F3N6S/c10-9(11,12)7-14-15-8-18(7)16-6(19-8)5-17-3-1-13-2-4-17/h13H,1-5H2. The molecule has 10 heteroatoms. The molecule has 19 heavy (non-hydrogen) atoms. The van der Waals surface area contributed by atoms with Crippen molar-refractivity contribution in [2.75, 3.05) is 26.2 Å². The number of aromatic nitrogens is 4. The number of piperazine rings is 1. The monoisotopic (exact) mass is 292 g/mol. The van der Waals surface area contributed by atoms with E-state index in [4.69, 9.17) is 0 Å². The summed E-state index contributed by atoms with van der Waals surface area (Å²) in [6.07, 6.45) is -4.53. The van der Waals surface area contributed by atoms with E-state index in [2.05, 4.69) is 25.5 Å². The fourth-order valence-corrected chi connectivity index (χ4v) is 2.83. The molecule has 104 valence electrons. The molecule has 0 unspecified atom stereocenters. The maximum absolute atomic E-state index is 12.6. The molecule has 3 heterocycles. The lowest BCUT2D eigenvalue weighted by Crippen LogP contribution is -2.42. The van der Waals surface area contributed by atoms with Crippen LogP contribution < -0.4 is 5.32 Å². The maximum Gasteiger partial charge on any atom is 0.453 e. The van der Waals surface area contributed by atoms with Crippen LogP contribution in [0.4, 0.5) is 13.2 Å². The summed E-state index contributed by atoms with van der Waals surface area (Å²) in [6.45, 7) is 4.06. The van der Waals surface area contributed by atoms with Gasteiger partial charge >= 0.3 is 6.18 Å². The topological polar surface area (TPSA) is 58.4 Å². The molecule has 3 rings (SSSR count). The first-order valence-corrected chi connectivity index (χ1v) is 6.57. The third-order valence-electron chi connectivity index (χ3n) is 2.85. The zero-order valence-electron chi connectivity index (χ0n) is 9.81. The van der Waals surface area contributed by atoms with Crippen molar-refractivity contribution >= 4 is 16.3 Å². The van der Waals surface area contributed by atoms with Crippen LogP contribution in [0.1, 0.15) is 10.8 Å². The lowest BCUT2D eigenvalue weighted by molar-refractivity contribution is -0.146. The molecule has 1 aliphatic rings. The maximum atomic E-state index is 12.6. The van der Waals surface area contributed by atoms with Gasteiger partial charge < -0.3 is 5.32 Å². The number of hydrogen-bond donors (Lipinski definition) is 1. The Bertz CT molecular complexity index is 570. The van der Waals surface area contributed by atoms with Gasteiger partial charge in [-0.3, -0.25) is 4.90 Å². The highest BCUT2D eigenvalue weighted by Crippen LogP contribution is 2.29. The van der Waals surface area contributed by atoms with E-state index < -0.39 is 12.0 Å². The Balaban J connectivity index is 1.83. The van der Waals surface area contributed by atoms with E-state index in [1.807, 2.05) is 0 Å². The molecule has 0 amide bonds. The van der Waals surface area contributed by atoms with Crippen molar-refractivity contribution in [1.82, 2.24) is 30.0 Å². The van der Waals surface area contributed by atoms with Gasteiger partial charge in [0, 0.05) is 26.2 Å².